The maximum absolute atomic E-state index is 12.1. The summed E-state index contributed by atoms with van der Waals surface area (Å²) < 4.78 is 0. The van der Waals surface area contributed by atoms with Crippen LogP contribution in [0.4, 0.5) is 5.69 Å². The molecular weight excluding hydrogens is 331 g/mol. The normalized spacial score (nSPS) is 17.1. The highest BCUT2D eigenvalue weighted by molar-refractivity contribution is 6.44. The molecular formula is C15H19Cl3N2O. The average molecular weight is 350 g/mol. The van der Waals surface area contributed by atoms with Crippen molar-refractivity contribution in [1.82, 2.24) is 4.90 Å². The molecule has 0 spiro atoms. The van der Waals surface area contributed by atoms with Crippen molar-refractivity contribution in [2.24, 2.45) is 0 Å². The third kappa shape index (κ3) is 5.33. The summed E-state index contributed by atoms with van der Waals surface area (Å²) in [7, 11) is 0. The number of nitrogens with zero attached hydrogens (tertiary/aromatic N) is 1. The minimum Gasteiger partial charge on any atom is -0.324 e. The molecule has 0 radical (unpaired) electrons. The van der Waals surface area contributed by atoms with Crippen molar-refractivity contribution < 1.29 is 4.79 Å². The number of benzene rings is 1. The lowest BCUT2D eigenvalue weighted by molar-refractivity contribution is -0.117. The van der Waals surface area contributed by atoms with Gasteiger partial charge >= 0.3 is 0 Å². The lowest BCUT2D eigenvalue weighted by Crippen LogP contribution is -2.35. The van der Waals surface area contributed by atoms with Crippen LogP contribution in [-0.4, -0.2) is 30.4 Å². The van der Waals surface area contributed by atoms with Crippen LogP contribution in [0.3, 0.4) is 0 Å². The Morgan fingerprint density at radius 2 is 1.52 bits per heavy atom. The van der Waals surface area contributed by atoms with E-state index in [1.807, 2.05) is 0 Å². The molecule has 6 heteroatoms. The Morgan fingerprint density at radius 3 is 2.19 bits per heavy atom. The van der Waals surface area contributed by atoms with Gasteiger partial charge in [-0.25, -0.2) is 0 Å². The fourth-order valence-electron chi connectivity index (χ4n) is 2.48. The zero-order valence-electron chi connectivity index (χ0n) is 11.8. The maximum Gasteiger partial charge on any atom is 0.238 e. The van der Waals surface area contributed by atoms with E-state index < -0.39 is 0 Å². The summed E-state index contributed by atoms with van der Waals surface area (Å²) in [5.41, 5.74) is 0.503. The predicted molar refractivity (Wildman–Crippen MR) is 89.6 cm³/mol. The SMILES string of the molecule is O=C(CN1CCCCCCC1)Nc1cc(Cl)c(Cl)cc1Cl. The first-order chi connectivity index (χ1) is 10.1. The smallest absolute Gasteiger partial charge is 0.238 e. The molecule has 1 heterocycles. The standard InChI is InChI=1S/C15H19Cl3N2O/c16-11-8-13(18)14(9-12(11)17)19-15(21)10-20-6-4-2-1-3-5-7-20/h8-9H,1-7,10H2,(H,19,21). The summed E-state index contributed by atoms with van der Waals surface area (Å²) in [6.45, 7) is 2.33. The number of amides is 1. The predicted octanol–water partition coefficient (Wildman–Crippen LogP) is 4.85. The molecule has 0 aromatic heterocycles. The number of anilines is 1. The number of nitrogens with one attached hydrogen (secondary N) is 1. The van der Waals surface area contributed by atoms with Crippen LogP contribution in [0.2, 0.25) is 15.1 Å². The van der Waals surface area contributed by atoms with Crippen molar-refractivity contribution in [1.29, 1.82) is 0 Å². The molecule has 21 heavy (non-hydrogen) atoms. The number of likely N-dealkylation sites (tertiary alicyclic amines) is 1. The molecule has 1 N–H and O–H groups in total. The van der Waals surface area contributed by atoms with Gasteiger partial charge in [0.2, 0.25) is 5.91 Å². The molecule has 1 saturated heterocycles. The molecule has 1 aliphatic heterocycles. The van der Waals surface area contributed by atoms with E-state index in [1.54, 1.807) is 6.07 Å². The van der Waals surface area contributed by atoms with Gasteiger partial charge in [0, 0.05) is 0 Å². The Kier molecular flexibility index (Phi) is 6.62. The van der Waals surface area contributed by atoms with Gasteiger partial charge in [-0.1, -0.05) is 54.1 Å². The summed E-state index contributed by atoms with van der Waals surface area (Å²) in [4.78, 5) is 14.3. The van der Waals surface area contributed by atoms with Crippen molar-refractivity contribution in [2.75, 3.05) is 25.0 Å². The van der Waals surface area contributed by atoms with Crippen LogP contribution >= 0.6 is 34.8 Å². The fourth-order valence-corrected chi connectivity index (χ4v) is 3.08. The van der Waals surface area contributed by atoms with Gasteiger partial charge in [0.1, 0.15) is 0 Å². The van der Waals surface area contributed by atoms with E-state index in [-0.39, 0.29) is 5.91 Å². The molecule has 0 bridgehead atoms. The summed E-state index contributed by atoms with van der Waals surface area (Å²) in [5.74, 6) is -0.0733. The van der Waals surface area contributed by atoms with Crippen LogP contribution in [0.15, 0.2) is 12.1 Å². The van der Waals surface area contributed by atoms with E-state index in [9.17, 15) is 4.79 Å². The van der Waals surface area contributed by atoms with Crippen molar-refractivity contribution in [3.8, 4) is 0 Å². The Hall–Kier alpha value is -0.480. The molecule has 0 aliphatic carbocycles. The third-order valence-electron chi connectivity index (χ3n) is 3.60. The Labute approximate surface area is 140 Å². The molecule has 0 saturated carbocycles. The number of halogens is 3. The van der Waals surface area contributed by atoms with E-state index >= 15 is 0 Å². The minimum absolute atomic E-state index is 0.0733. The number of carbonyl (C=O) groups is 1. The fraction of sp³-hybridized carbons (Fsp3) is 0.533. The highest BCUT2D eigenvalue weighted by Gasteiger charge is 2.14. The van der Waals surface area contributed by atoms with E-state index in [0.29, 0.717) is 27.3 Å². The van der Waals surface area contributed by atoms with Crippen molar-refractivity contribution >= 4 is 46.4 Å². The second kappa shape index (κ2) is 8.23. The average Bonchev–Trinajstić information content (AvgIpc) is 2.39. The topological polar surface area (TPSA) is 32.3 Å². The first kappa shape index (κ1) is 16.9. The Balaban J connectivity index is 1.93. The van der Waals surface area contributed by atoms with Crippen LogP contribution in [0.1, 0.15) is 32.1 Å². The molecule has 1 amide bonds. The lowest BCUT2D eigenvalue weighted by Gasteiger charge is -2.23. The minimum atomic E-state index is -0.0733. The lowest BCUT2D eigenvalue weighted by atomic mass is 10.1. The first-order valence-corrected chi connectivity index (χ1v) is 8.36. The first-order valence-electron chi connectivity index (χ1n) is 7.23. The molecule has 0 atom stereocenters. The third-order valence-corrected chi connectivity index (χ3v) is 4.63. The van der Waals surface area contributed by atoms with Gasteiger partial charge in [-0.05, 0) is 38.1 Å². The Morgan fingerprint density at radius 1 is 0.952 bits per heavy atom. The number of carbonyl (C=O) groups excluding carboxylic acids is 1. The molecule has 116 valence electrons. The molecule has 1 aromatic rings. The second-order valence-electron chi connectivity index (χ2n) is 5.34. The van der Waals surface area contributed by atoms with Crippen LogP contribution in [-0.2, 0) is 4.79 Å². The summed E-state index contributed by atoms with van der Waals surface area (Å²) in [6, 6.07) is 3.12. The van der Waals surface area contributed by atoms with Gasteiger partial charge in [-0.2, -0.15) is 0 Å². The van der Waals surface area contributed by atoms with Gasteiger partial charge in [0.25, 0.3) is 0 Å². The van der Waals surface area contributed by atoms with Crippen LogP contribution in [0.25, 0.3) is 0 Å². The molecule has 2 rings (SSSR count). The number of hydrogen-bond acceptors (Lipinski definition) is 2. The Bertz CT molecular complexity index is 500. The summed E-state index contributed by atoms with van der Waals surface area (Å²) in [5, 5.41) is 3.96. The quantitative estimate of drug-likeness (QED) is 0.791. The van der Waals surface area contributed by atoms with Gasteiger partial charge in [0.05, 0.1) is 27.3 Å². The van der Waals surface area contributed by atoms with E-state index in [0.717, 1.165) is 25.9 Å². The van der Waals surface area contributed by atoms with E-state index in [1.165, 1.54) is 25.3 Å². The van der Waals surface area contributed by atoms with Crippen LogP contribution in [0, 0.1) is 0 Å². The largest absolute Gasteiger partial charge is 0.324 e. The zero-order chi connectivity index (χ0) is 15.2. The van der Waals surface area contributed by atoms with Gasteiger partial charge in [0.15, 0.2) is 0 Å². The molecule has 1 fully saturated rings. The maximum atomic E-state index is 12.1. The number of hydrogen-bond donors (Lipinski definition) is 1. The highest BCUT2D eigenvalue weighted by Crippen LogP contribution is 2.32. The molecule has 1 aliphatic rings. The van der Waals surface area contributed by atoms with Crippen LogP contribution < -0.4 is 5.32 Å². The van der Waals surface area contributed by atoms with Gasteiger partial charge < -0.3 is 5.32 Å². The summed E-state index contributed by atoms with van der Waals surface area (Å²) >= 11 is 17.9. The number of rotatable bonds is 3. The van der Waals surface area contributed by atoms with E-state index in [4.69, 9.17) is 34.8 Å². The molecule has 3 nitrogen and oxygen atoms in total. The van der Waals surface area contributed by atoms with Crippen LogP contribution in [0.5, 0.6) is 0 Å². The second-order valence-corrected chi connectivity index (χ2v) is 6.56. The molecule has 1 aromatic carbocycles. The van der Waals surface area contributed by atoms with Crippen molar-refractivity contribution in [2.45, 2.75) is 32.1 Å². The zero-order valence-corrected chi connectivity index (χ0v) is 14.1. The van der Waals surface area contributed by atoms with Crippen molar-refractivity contribution in [3.63, 3.8) is 0 Å². The van der Waals surface area contributed by atoms with E-state index in [2.05, 4.69) is 10.2 Å². The van der Waals surface area contributed by atoms with Gasteiger partial charge in [-0.15, -0.1) is 0 Å². The summed E-state index contributed by atoms with van der Waals surface area (Å²) in [6.07, 6.45) is 6.11. The highest BCUT2D eigenvalue weighted by atomic mass is 35.5. The molecule has 0 unspecified atom stereocenters. The van der Waals surface area contributed by atoms with Crippen molar-refractivity contribution in [3.05, 3.63) is 27.2 Å². The van der Waals surface area contributed by atoms with Gasteiger partial charge in [-0.3, -0.25) is 9.69 Å². The monoisotopic (exact) mass is 348 g/mol.